The Bertz CT molecular complexity index is 578. The molecule has 2 heterocycles. The topological polar surface area (TPSA) is 68.2 Å². The van der Waals surface area contributed by atoms with Crippen molar-refractivity contribution in [1.29, 1.82) is 0 Å². The average Bonchev–Trinajstić information content (AvgIpc) is 2.81. The Labute approximate surface area is 114 Å². The molecule has 0 saturated heterocycles. The quantitative estimate of drug-likeness (QED) is 0.885. The van der Waals surface area contributed by atoms with Gasteiger partial charge in [0.2, 0.25) is 0 Å². The minimum atomic E-state index is -4.47. The standard InChI is InChI=1S/C12H16F3N5/c1-2-3-8(16)7-18-11-9-6-10(12(13,14)15)19-20(9)5-4-17-11/h4-6,8H,2-3,7,16H2,1H3,(H,17,18). The van der Waals surface area contributed by atoms with Crippen LogP contribution in [-0.4, -0.2) is 27.2 Å². The van der Waals surface area contributed by atoms with Crippen LogP contribution in [0.5, 0.6) is 0 Å². The molecule has 1 unspecified atom stereocenters. The first-order chi connectivity index (χ1) is 9.41. The Morgan fingerprint density at radius 3 is 2.85 bits per heavy atom. The zero-order chi connectivity index (χ0) is 14.8. The molecule has 0 aliphatic carbocycles. The Morgan fingerprint density at radius 1 is 1.45 bits per heavy atom. The first-order valence-corrected chi connectivity index (χ1v) is 6.33. The van der Waals surface area contributed by atoms with Crippen LogP contribution in [0, 0.1) is 0 Å². The zero-order valence-corrected chi connectivity index (χ0v) is 11.0. The summed E-state index contributed by atoms with van der Waals surface area (Å²) in [6.45, 7) is 2.47. The Kier molecular flexibility index (Phi) is 4.12. The molecule has 0 spiro atoms. The molecule has 5 nitrogen and oxygen atoms in total. The van der Waals surface area contributed by atoms with Gasteiger partial charge in [0.05, 0.1) is 0 Å². The summed E-state index contributed by atoms with van der Waals surface area (Å²) in [6.07, 6.45) is 0.0893. The van der Waals surface area contributed by atoms with Crippen LogP contribution in [0.15, 0.2) is 18.5 Å². The fraction of sp³-hybridized carbons (Fsp3) is 0.500. The van der Waals surface area contributed by atoms with E-state index in [1.165, 1.54) is 12.4 Å². The molecule has 2 aromatic heterocycles. The molecule has 0 saturated carbocycles. The highest BCUT2D eigenvalue weighted by atomic mass is 19.4. The van der Waals surface area contributed by atoms with Crippen molar-refractivity contribution < 1.29 is 13.2 Å². The minimum Gasteiger partial charge on any atom is -0.367 e. The highest BCUT2D eigenvalue weighted by molar-refractivity contribution is 5.67. The van der Waals surface area contributed by atoms with Gasteiger partial charge in [0.15, 0.2) is 11.5 Å². The number of alkyl halides is 3. The van der Waals surface area contributed by atoms with Gasteiger partial charge in [-0.2, -0.15) is 18.3 Å². The van der Waals surface area contributed by atoms with E-state index in [-0.39, 0.29) is 11.6 Å². The summed E-state index contributed by atoms with van der Waals surface area (Å²) in [6, 6.07) is 0.910. The third-order valence-electron chi connectivity index (χ3n) is 2.87. The molecule has 8 heteroatoms. The molecule has 2 rings (SSSR count). The number of nitrogens with one attached hydrogen (secondary N) is 1. The number of aromatic nitrogens is 3. The maximum absolute atomic E-state index is 12.6. The Morgan fingerprint density at radius 2 is 2.20 bits per heavy atom. The van der Waals surface area contributed by atoms with E-state index < -0.39 is 11.9 Å². The summed E-state index contributed by atoms with van der Waals surface area (Å²) >= 11 is 0. The summed E-state index contributed by atoms with van der Waals surface area (Å²) in [5.41, 5.74) is 5.20. The van der Waals surface area contributed by atoms with Crippen molar-refractivity contribution >= 4 is 11.3 Å². The maximum atomic E-state index is 12.6. The van der Waals surface area contributed by atoms with Crippen LogP contribution < -0.4 is 11.1 Å². The van der Waals surface area contributed by atoms with Crippen molar-refractivity contribution in [3.05, 3.63) is 24.2 Å². The normalized spacial score (nSPS) is 13.7. The zero-order valence-electron chi connectivity index (χ0n) is 11.0. The van der Waals surface area contributed by atoms with Gasteiger partial charge in [-0.15, -0.1) is 0 Å². The van der Waals surface area contributed by atoms with Crippen LogP contribution in [0.25, 0.3) is 5.52 Å². The van der Waals surface area contributed by atoms with Gasteiger partial charge in [-0.05, 0) is 6.42 Å². The Hall–Kier alpha value is -1.83. The molecule has 0 bridgehead atoms. The number of hydrogen-bond donors (Lipinski definition) is 2. The van der Waals surface area contributed by atoms with Crippen LogP contribution in [0.1, 0.15) is 25.5 Å². The van der Waals surface area contributed by atoms with Gasteiger partial charge in [0.25, 0.3) is 0 Å². The van der Waals surface area contributed by atoms with E-state index in [2.05, 4.69) is 15.4 Å². The molecule has 0 aliphatic rings. The second-order valence-electron chi connectivity index (χ2n) is 4.56. The summed E-state index contributed by atoms with van der Waals surface area (Å²) in [7, 11) is 0. The summed E-state index contributed by atoms with van der Waals surface area (Å²) in [5.74, 6) is 0.349. The molecule has 110 valence electrons. The molecular weight excluding hydrogens is 271 g/mol. The van der Waals surface area contributed by atoms with E-state index in [1.54, 1.807) is 0 Å². The first kappa shape index (κ1) is 14.6. The van der Waals surface area contributed by atoms with E-state index in [1.807, 2.05) is 6.92 Å². The van der Waals surface area contributed by atoms with Gasteiger partial charge in [0, 0.05) is 31.0 Å². The van der Waals surface area contributed by atoms with Crippen molar-refractivity contribution in [2.75, 3.05) is 11.9 Å². The lowest BCUT2D eigenvalue weighted by Gasteiger charge is -2.12. The molecule has 1 atom stereocenters. The van der Waals surface area contributed by atoms with Crippen molar-refractivity contribution in [2.45, 2.75) is 32.0 Å². The largest absolute Gasteiger partial charge is 0.435 e. The van der Waals surface area contributed by atoms with Crippen LogP contribution in [0.2, 0.25) is 0 Å². The monoisotopic (exact) mass is 287 g/mol. The maximum Gasteiger partial charge on any atom is 0.435 e. The van der Waals surface area contributed by atoms with Gasteiger partial charge >= 0.3 is 6.18 Å². The second-order valence-corrected chi connectivity index (χ2v) is 4.56. The van der Waals surface area contributed by atoms with Crippen molar-refractivity contribution in [3.63, 3.8) is 0 Å². The van der Waals surface area contributed by atoms with Gasteiger partial charge < -0.3 is 11.1 Å². The van der Waals surface area contributed by atoms with E-state index in [9.17, 15) is 13.2 Å². The van der Waals surface area contributed by atoms with E-state index >= 15 is 0 Å². The summed E-state index contributed by atoms with van der Waals surface area (Å²) in [4.78, 5) is 4.04. The summed E-state index contributed by atoms with van der Waals surface area (Å²) in [5, 5.41) is 6.46. The number of nitrogens with two attached hydrogens (primary N) is 1. The minimum absolute atomic E-state index is 0.0629. The number of anilines is 1. The van der Waals surface area contributed by atoms with Crippen LogP contribution in [0.4, 0.5) is 19.0 Å². The SMILES string of the molecule is CCCC(N)CNc1nccn2nc(C(F)(F)F)cc12. The number of fused-ring (bicyclic) bond motifs is 1. The fourth-order valence-electron chi connectivity index (χ4n) is 1.90. The number of halogens is 3. The lowest BCUT2D eigenvalue weighted by Crippen LogP contribution is -2.29. The lowest BCUT2D eigenvalue weighted by molar-refractivity contribution is -0.141. The van der Waals surface area contributed by atoms with Crippen molar-refractivity contribution in [1.82, 2.24) is 14.6 Å². The lowest BCUT2D eigenvalue weighted by atomic mass is 10.2. The van der Waals surface area contributed by atoms with Crippen LogP contribution in [0.3, 0.4) is 0 Å². The number of rotatable bonds is 5. The van der Waals surface area contributed by atoms with Crippen molar-refractivity contribution in [3.8, 4) is 0 Å². The summed E-state index contributed by atoms with van der Waals surface area (Å²) < 4.78 is 39.1. The second kappa shape index (κ2) is 5.66. The molecule has 0 amide bonds. The van der Waals surface area contributed by atoms with Gasteiger partial charge in [-0.25, -0.2) is 9.50 Å². The molecule has 3 N–H and O–H groups in total. The molecule has 20 heavy (non-hydrogen) atoms. The molecule has 2 aromatic rings. The number of nitrogens with zero attached hydrogens (tertiary/aromatic N) is 3. The van der Waals surface area contributed by atoms with E-state index in [0.717, 1.165) is 23.4 Å². The first-order valence-electron chi connectivity index (χ1n) is 6.33. The molecule has 0 aliphatic heterocycles. The molecule has 0 radical (unpaired) electrons. The highest BCUT2D eigenvalue weighted by Crippen LogP contribution is 2.29. The third-order valence-corrected chi connectivity index (χ3v) is 2.87. The molecule has 0 fully saturated rings. The van der Waals surface area contributed by atoms with E-state index in [4.69, 9.17) is 5.73 Å². The highest BCUT2D eigenvalue weighted by Gasteiger charge is 2.34. The Balaban J connectivity index is 2.23. The van der Waals surface area contributed by atoms with Gasteiger partial charge in [-0.1, -0.05) is 13.3 Å². The van der Waals surface area contributed by atoms with E-state index in [0.29, 0.717) is 12.4 Å². The van der Waals surface area contributed by atoms with Crippen LogP contribution in [-0.2, 0) is 6.18 Å². The fourth-order valence-corrected chi connectivity index (χ4v) is 1.90. The van der Waals surface area contributed by atoms with Crippen molar-refractivity contribution in [2.24, 2.45) is 5.73 Å². The van der Waals surface area contributed by atoms with Gasteiger partial charge in [-0.3, -0.25) is 0 Å². The average molecular weight is 287 g/mol. The predicted molar refractivity (Wildman–Crippen MR) is 69.4 cm³/mol. The molecular formula is C12H16F3N5. The molecule has 0 aromatic carbocycles. The smallest absolute Gasteiger partial charge is 0.367 e. The number of hydrogen-bond acceptors (Lipinski definition) is 4. The predicted octanol–water partition coefficient (Wildman–Crippen LogP) is 2.29. The van der Waals surface area contributed by atoms with Gasteiger partial charge in [0.1, 0.15) is 5.52 Å². The van der Waals surface area contributed by atoms with Crippen LogP contribution >= 0.6 is 0 Å². The third kappa shape index (κ3) is 3.19.